The number of sulfonamides is 1. The molecule has 1 atom stereocenters. The van der Waals surface area contributed by atoms with E-state index >= 15 is 0 Å². The Morgan fingerprint density at radius 2 is 1.64 bits per heavy atom. The van der Waals surface area contributed by atoms with Crippen LogP contribution in [0.2, 0.25) is 5.02 Å². The second-order valence-electron chi connectivity index (χ2n) is 9.71. The van der Waals surface area contributed by atoms with Crippen LogP contribution in [0, 0.1) is 11.7 Å². The van der Waals surface area contributed by atoms with Gasteiger partial charge in [0.2, 0.25) is 21.8 Å². The zero-order chi connectivity index (χ0) is 28.6. The molecule has 0 saturated carbocycles. The number of amides is 2. The Balaban J connectivity index is 2.06. The van der Waals surface area contributed by atoms with Gasteiger partial charge < -0.3 is 10.2 Å². The molecule has 2 amide bonds. The van der Waals surface area contributed by atoms with Crippen LogP contribution in [0.1, 0.15) is 25.0 Å². The third-order valence-corrected chi connectivity index (χ3v) is 7.41. The summed E-state index contributed by atoms with van der Waals surface area (Å²) >= 11 is 6.09. The standard InChI is InChI=1S/C29H33ClFN3O4S/c1-21(2)18-32-29(36)27(16-22-10-5-4-6-11-22)33(19-23-12-7-8-15-26(23)31)28(35)20-34(39(3,37)38)25-14-9-13-24(30)17-25/h4-15,17,21,27H,16,18-20H2,1-3H3,(H,32,36)/t27-/m1/s1. The van der Waals surface area contributed by atoms with Crippen LogP contribution in [0.3, 0.4) is 0 Å². The van der Waals surface area contributed by atoms with Crippen molar-refractivity contribution in [2.75, 3.05) is 23.7 Å². The van der Waals surface area contributed by atoms with Crippen LogP contribution in [0.15, 0.2) is 78.9 Å². The van der Waals surface area contributed by atoms with E-state index in [1.807, 2.05) is 44.2 Å². The van der Waals surface area contributed by atoms with Crippen molar-refractivity contribution in [3.63, 3.8) is 0 Å². The van der Waals surface area contributed by atoms with Gasteiger partial charge in [-0.2, -0.15) is 0 Å². The molecule has 0 bridgehead atoms. The topological polar surface area (TPSA) is 86.8 Å². The van der Waals surface area contributed by atoms with Gasteiger partial charge >= 0.3 is 0 Å². The number of nitrogens with zero attached hydrogens (tertiary/aromatic N) is 2. The molecule has 0 aliphatic carbocycles. The first kappa shape index (κ1) is 30.1. The zero-order valence-corrected chi connectivity index (χ0v) is 23.8. The molecule has 3 aromatic carbocycles. The minimum absolute atomic E-state index is 0.154. The minimum Gasteiger partial charge on any atom is -0.354 e. The van der Waals surface area contributed by atoms with Crippen molar-refractivity contribution in [2.45, 2.75) is 32.9 Å². The van der Waals surface area contributed by atoms with E-state index in [4.69, 9.17) is 11.6 Å². The quantitative estimate of drug-likeness (QED) is 0.341. The van der Waals surface area contributed by atoms with Crippen molar-refractivity contribution in [2.24, 2.45) is 5.92 Å². The minimum atomic E-state index is -3.92. The number of carbonyl (C=O) groups excluding carboxylic acids is 2. The van der Waals surface area contributed by atoms with E-state index in [2.05, 4.69) is 5.32 Å². The summed E-state index contributed by atoms with van der Waals surface area (Å²) in [6.45, 7) is 3.44. The number of hydrogen-bond donors (Lipinski definition) is 1. The number of nitrogens with one attached hydrogen (secondary N) is 1. The Hall–Kier alpha value is -3.43. The van der Waals surface area contributed by atoms with Gasteiger partial charge in [0.05, 0.1) is 11.9 Å². The summed E-state index contributed by atoms with van der Waals surface area (Å²) in [5, 5.41) is 3.18. The lowest BCUT2D eigenvalue weighted by Gasteiger charge is -2.33. The molecule has 7 nitrogen and oxygen atoms in total. The zero-order valence-electron chi connectivity index (χ0n) is 22.2. The molecule has 208 valence electrons. The van der Waals surface area contributed by atoms with E-state index in [1.54, 1.807) is 18.2 Å². The SMILES string of the molecule is CC(C)CNC(=O)[C@@H](Cc1ccccc1)N(Cc1ccccc1F)C(=O)CN(c1cccc(Cl)c1)S(C)(=O)=O. The van der Waals surface area contributed by atoms with E-state index in [-0.39, 0.29) is 30.1 Å². The van der Waals surface area contributed by atoms with Gasteiger partial charge in [0.1, 0.15) is 18.4 Å². The van der Waals surface area contributed by atoms with Gasteiger partial charge in [0.15, 0.2) is 0 Å². The first-order chi connectivity index (χ1) is 18.5. The van der Waals surface area contributed by atoms with Crippen LogP contribution in [-0.4, -0.2) is 50.5 Å². The molecule has 10 heteroatoms. The summed E-state index contributed by atoms with van der Waals surface area (Å²) < 4.78 is 41.2. The lowest BCUT2D eigenvalue weighted by Crippen LogP contribution is -2.53. The van der Waals surface area contributed by atoms with Crippen LogP contribution in [0.5, 0.6) is 0 Å². The van der Waals surface area contributed by atoms with Crippen molar-refractivity contribution in [1.82, 2.24) is 10.2 Å². The smallest absolute Gasteiger partial charge is 0.244 e. The number of carbonyl (C=O) groups is 2. The van der Waals surface area contributed by atoms with E-state index in [1.165, 1.54) is 35.2 Å². The molecule has 39 heavy (non-hydrogen) atoms. The normalized spacial score (nSPS) is 12.2. The fraction of sp³-hybridized carbons (Fsp3) is 0.310. The number of hydrogen-bond acceptors (Lipinski definition) is 4. The number of halogens is 2. The van der Waals surface area contributed by atoms with Crippen LogP contribution >= 0.6 is 11.6 Å². The highest BCUT2D eigenvalue weighted by Gasteiger charge is 2.33. The molecule has 0 spiro atoms. The van der Waals surface area contributed by atoms with Crippen LogP contribution in [0.4, 0.5) is 10.1 Å². The highest BCUT2D eigenvalue weighted by atomic mass is 35.5. The second kappa shape index (κ2) is 13.6. The molecule has 0 fully saturated rings. The maximum absolute atomic E-state index is 14.8. The summed E-state index contributed by atoms with van der Waals surface area (Å²) in [6, 6.07) is 20.3. The number of benzene rings is 3. The molecule has 1 N–H and O–H groups in total. The molecule has 0 radical (unpaired) electrons. The first-order valence-electron chi connectivity index (χ1n) is 12.5. The summed E-state index contributed by atoms with van der Waals surface area (Å²) in [6.07, 6.45) is 1.14. The van der Waals surface area contributed by atoms with Gasteiger partial charge in [0, 0.05) is 30.1 Å². The van der Waals surface area contributed by atoms with E-state index < -0.39 is 40.2 Å². The summed E-state index contributed by atoms with van der Waals surface area (Å²) in [5.74, 6) is -1.45. The van der Waals surface area contributed by atoms with Gasteiger partial charge in [0.25, 0.3) is 0 Å². The van der Waals surface area contributed by atoms with Crippen molar-refractivity contribution < 1.29 is 22.4 Å². The predicted molar refractivity (Wildman–Crippen MR) is 152 cm³/mol. The molecule has 0 saturated heterocycles. The van der Waals surface area contributed by atoms with Crippen LogP contribution < -0.4 is 9.62 Å². The number of rotatable bonds is 12. The van der Waals surface area contributed by atoms with Crippen molar-refractivity contribution in [3.8, 4) is 0 Å². The summed E-state index contributed by atoms with van der Waals surface area (Å²) in [7, 11) is -3.92. The van der Waals surface area contributed by atoms with E-state index in [9.17, 15) is 22.4 Å². The third-order valence-electron chi connectivity index (χ3n) is 6.03. The fourth-order valence-electron chi connectivity index (χ4n) is 4.03. The van der Waals surface area contributed by atoms with Gasteiger partial charge in [-0.1, -0.05) is 80.0 Å². The molecular weight excluding hydrogens is 541 g/mol. The average Bonchev–Trinajstić information content (AvgIpc) is 2.88. The Kier molecular flexibility index (Phi) is 10.5. The highest BCUT2D eigenvalue weighted by molar-refractivity contribution is 7.92. The fourth-order valence-corrected chi connectivity index (χ4v) is 5.06. The maximum Gasteiger partial charge on any atom is 0.244 e. The Morgan fingerprint density at radius 1 is 0.974 bits per heavy atom. The molecular formula is C29H33ClFN3O4S. The molecule has 0 heterocycles. The van der Waals surface area contributed by atoms with E-state index in [0.29, 0.717) is 11.6 Å². The van der Waals surface area contributed by atoms with Crippen molar-refractivity contribution >= 4 is 39.1 Å². The molecule has 3 aromatic rings. The maximum atomic E-state index is 14.8. The molecule has 0 aliphatic heterocycles. The predicted octanol–water partition coefficient (Wildman–Crippen LogP) is 4.66. The van der Waals surface area contributed by atoms with Crippen molar-refractivity contribution in [3.05, 3.63) is 101 Å². The molecule has 0 unspecified atom stereocenters. The lowest BCUT2D eigenvalue weighted by molar-refractivity contribution is -0.140. The van der Waals surface area contributed by atoms with Crippen LogP contribution in [0.25, 0.3) is 0 Å². The monoisotopic (exact) mass is 573 g/mol. The molecule has 0 aromatic heterocycles. The largest absolute Gasteiger partial charge is 0.354 e. The van der Waals surface area contributed by atoms with Crippen LogP contribution in [-0.2, 0) is 32.6 Å². The highest BCUT2D eigenvalue weighted by Crippen LogP contribution is 2.23. The average molecular weight is 574 g/mol. The van der Waals surface area contributed by atoms with Gasteiger partial charge in [-0.15, -0.1) is 0 Å². The summed E-state index contributed by atoms with van der Waals surface area (Å²) in [5.41, 5.74) is 1.20. The first-order valence-corrected chi connectivity index (χ1v) is 14.8. The Morgan fingerprint density at radius 3 is 2.26 bits per heavy atom. The Bertz CT molecular complexity index is 1390. The van der Waals surface area contributed by atoms with E-state index in [0.717, 1.165) is 16.1 Å². The molecule has 0 aliphatic rings. The van der Waals surface area contributed by atoms with Gasteiger partial charge in [-0.05, 0) is 35.7 Å². The van der Waals surface area contributed by atoms with Crippen molar-refractivity contribution in [1.29, 1.82) is 0 Å². The molecule has 3 rings (SSSR count). The number of anilines is 1. The third kappa shape index (κ3) is 8.80. The summed E-state index contributed by atoms with van der Waals surface area (Å²) in [4.78, 5) is 28.7. The Labute approximate surface area is 234 Å². The van der Waals surface area contributed by atoms with Gasteiger partial charge in [-0.25, -0.2) is 12.8 Å². The lowest BCUT2D eigenvalue weighted by atomic mass is 10.0. The van der Waals surface area contributed by atoms with Gasteiger partial charge in [-0.3, -0.25) is 13.9 Å². The second-order valence-corrected chi connectivity index (χ2v) is 12.1.